The van der Waals surface area contributed by atoms with Crippen molar-refractivity contribution in [3.63, 3.8) is 0 Å². The minimum absolute atomic E-state index is 0.0446. The van der Waals surface area contributed by atoms with E-state index in [2.05, 4.69) is 21.3 Å². The maximum atomic E-state index is 15.0. The predicted molar refractivity (Wildman–Crippen MR) is 230 cm³/mol. The zero-order valence-electron chi connectivity index (χ0n) is 37.2. The summed E-state index contributed by atoms with van der Waals surface area (Å²) in [7, 11) is 2.73. The molecule has 2 bridgehead atoms. The van der Waals surface area contributed by atoms with Crippen molar-refractivity contribution < 1.29 is 51.1 Å². The average Bonchev–Trinajstić information content (AvgIpc) is 3.97. The van der Waals surface area contributed by atoms with E-state index in [0.29, 0.717) is 34.7 Å². The van der Waals surface area contributed by atoms with Gasteiger partial charge in [0, 0.05) is 43.5 Å². The third kappa shape index (κ3) is 11.1. The van der Waals surface area contributed by atoms with Gasteiger partial charge in [-0.3, -0.25) is 33.6 Å². The summed E-state index contributed by atoms with van der Waals surface area (Å²) < 4.78 is 59.2. The summed E-state index contributed by atoms with van der Waals surface area (Å²) in [6.45, 7) is 6.16. The molecule has 2 saturated carbocycles. The second-order valence-corrected chi connectivity index (χ2v) is 19.2. The first-order chi connectivity index (χ1) is 30.0. The van der Waals surface area contributed by atoms with Gasteiger partial charge >= 0.3 is 6.18 Å². The van der Waals surface area contributed by atoms with E-state index < -0.39 is 121 Å². The van der Waals surface area contributed by atoms with Gasteiger partial charge in [0.2, 0.25) is 41.4 Å². The molecule has 2 heterocycles. The molecule has 1 aromatic carbocycles. The molecule has 0 spiro atoms. The second-order valence-electron chi connectivity index (χ2n) is 18.4. The van der Waals surface area contributed by atoms with Crippen LogP contribution in [-0.2, 0) is 40.0 Å². The Kier molecular flexibility index (Phi) is 16.6. The molecule has 4 N–H and O–H groups in total. The van der Waals surface area contributed by atoms with E-state index in [1.165, 1.54) is 25.9 Å². The lowest BCUT2D eigenvalue weighted by atomic mass is 9.71. The number of nitrogens with zero attached hydrogens (tertiary/aromatic N) is 3. The lowest BCUT2D eigenvalue weighted by molar-refractivity contribution is -0.241. The Morgan fingerprint density at radius 2 is 1.66 bits per heavy atom. The SMILES string of the molecule is CC[C@H]1NC(=O)[C@H](Cc2cc(Cl)ccc2Cl)N(C)C(=O)[C@H](CC(C)C)NC(=O)[C@@H](N(C)C(=O)[C@H](C)NC(=O)[C@@H]2C[C@@H](F)CN2C(=O)C2(C(F)(F)F)CC3CCC2C3)CCCCNC1=O. The third-order valence-corrected chi connectivity index (χ3v) is 14.1. The number of hydrogen-bond donors (Lipinski definition) is 4. The van der Waals surface area contributed by atoms with Crippen molar-refractivity contribution in [2.75, 3.05) is 27.2 Å². The summed E-state index contributed by atoms with van der Waals surface area (Å²) >= 11 is 12.8. The summed E-state index contributed by atoms with van der Waals surface area (Å²) in [6.07, 6.45) is -5.68. The zero-order chi connectivity index (χ0) is 47.4. The van der Waals surface area contributed by atoms with Gasteiger partial charge in [-0.2, -0.15) is 13.2 Å². The number of rotatable bonds is 10. The molecule has 0 radical (unpaired) electrons. The van der Waals surface area contributed by atoms with Gasteiger partial charge in [-0.15, -0.1) is 0 Å². The van der Waals surface area contributed by atoms with Crippen molar-refractivity contribution >= 4 is 64.6 Å². The fraction of sp³-hybridized carbons (Fsp3) is 0.705. The Morgan fingerprint density at radius 1 is 0.969 bits per heavy atom. The number of carbonyl (C=O) groups is 7. The minimum Gasteiger partial charge on any atom is -0.354 e. The quantitative estimate of drug-likeness (QED) is 0.245. The number of benzene rings is 1. The van der Waals surface area contributed by atoms with Crippen LogP contribution in [-0.4, -0.2) is 132 Å². The second kappa shape index (κ2) is 21.0. The monoisotopic (exact) mass is 945 g/mol. The Labute approximate surface area is 381 Å². The molecule has 1 aromatic rings. The fourth-order valence-electron chi connectivity index (χ4n) is 10.00. The summed E-state index contributed by atoms with van der Waals surface area (Å²) in [4.78, 5) is 101. The lowest BCUT2D eigenvalue weighted by Gasteiger charge is -2.41. The molecule has 4 fully saturated rings. The summed E-state index contributed by atoms with van der Waals surface area (Å²) in [5.41, 5.74) is -2.26. The molecule has 2 aliphatic heterocycles. The summed E-state index contributed by atoms with van der Waals surface area (Å²) in [5, 5.41) is 11.5. The number of likely N-dealkylation sites (N-methyl/N-ethyl adjacent to an activating group) is 2. The van der Waals surface area contributed by atoms with Crippen molar-refractivity contribution in [3.8, 4) is 0 Å². The molecule has 4 aliphatic rings. The number of amides is 7. The molecule has 10 atom stereocenters. The van der Waals surface area contributed by atoms with Gasteiger partial charge in [0.1, 0.15) is 47.8 Å². The van der Waals surface area contributed by atoms with Crippen LogP contribution in [0, 0.1) is 23.2 Å². The van der Waals surface area contributed by atoms with Crippen LogP contribution in [0.3, 0.4) is 0 Å². The first kappa shape index (κ1) is 50.8. The van der Waals surface area contributed by atoms with Gasteiger partial charge in [-0.1, -0.05) is 50.4 Å². The molecule has 5 rings (SSSR count). The van der Waals surface area contributed by atoms with Crippen molar-refractivity contribution in [1.29, 1.82) is 0 Å². The van der Waals surface area contributed by atoms with Gasteiger partial charge in [-0.25, -0.2) is 4.39 Å². The van der Waals surface area contributed by atoms with E-state index in [1.54, 1.807) is 25.1 Å². The van der Waals surface area contributed by atoms with Crippen LogP contribution >= 0.6 is 23.2 Å². The number of halogens is 6. The Bertz CT molecular complexity index is 1940. The molecular formula is C44H61Cl2F4N7O7. The van der Waals surface area contributed by atoms with Gasteiger partial charge < -0.3 is 36.0 Å². The van der Waals surface area contributed by atoms with Crippen LogP contribution in [0.4, 0.5) is 17.6 Å². The predicted octanol–water partition coefficient (Wildman–Crippen LogP) is 4.73. The van der Waals surface area contributed by atoms with Crippen molar-refractivity contribution in [2.45, 2.75) is 147 Å². The number of nitrogens with one attached hydrogen (secondary N) is 4. The average molecular weight is 947 g/mol. The normalized spacial score (nSPS) is 30.2. The van der Waals surface area contributed by atoms with Crippen molar-refractivity contribution in [1.82, 2.24) is 36.0 Å². The van der Waals surface area contributed by atoms with Crippen LogP contribution in [0.25, 0.3) is 0 Å². The molecule has 2 aliphatic carbocycles. The van der Waals surface area contributed by atoms with E-state index >= 15 is 0 Å². The third-order valence-electron chi connectivity index (χ3n) is 13.5. The van der Waals surface area contributed by atoms with Crippen LogP contribution in [0.1, 0.15) is 97.5 Å². The van der Waals surface area contributed by atoms with Crippen LogP contribution in [0.2, 0.25) is 10.0 Å². The zero-order valence-corrected chi connectivity index (χ0v) is 38.7. The number of alkyl halides is 4. The highest BCUT2D eigenvalue weighted by Gasteiger charge is 2.71. The summed E-state index contributed by atoms with van der Waals surface area (Å²) in [6, 6.07) is -2.90. The summed E-state index contributed by atoms with van der Waals surface area (Å²) in [5.74, 6) is -6.98. The van der Waals surface area contributed by atoms with E-state index in [1.807, 2.05) is 13.8 Å². The van der Waals surface area contributed by atoms with E-state index in [0.717, 1.165) is 4.90 Å². The molecular weight excluding hydrogens is 885 g/mol. The van der Waals surface area contributed by atoms with Crippen LogP contribution in [0.15, 0.2) is 18.2 Å². The highest BCUT2D eigenvalue weighted by Crippen LogP contribution is 2.63. The number of hydrogen-bond acceptors (Lipinski definition) is 7. The molecule has 64 heavy (non-hydrogen) atoms. The molecule has 0 aromatic heterocycles. The first-order valence-corrected chi connectivity index (χ1v) is 22.9. The van der Waals surface area contributed by atoms with Gasteiger partial charge in [0.05, 0.1) is 6.54 Å². The van der Waals surface area contributed by atoms with Gasteiger partial charge in [0.25, 0.3) is 0 Å². The highest BCUT2D eigenvalue weighted by molar-refractivity contribution is 6.33. The fourth-order valence-corrected chi connectivity index (χ4v) is 10.4. The Balaban J connectivity index is 1.38. The number of carbonyl (C=O) groups excluding carboxylic acids is 7. The smallest absolute Gasteiger partial charge is 0.354 e. The standard InChI is InChI=1S/C44H61Cl2F4N7O7/c1-7-31-36(58)51-15-9-8-10-33(37(59)54-32(16-23(2)3)41(63)56(6)34(38(60)53-31)19-26-18-28(45)13-14-30(26)46)55(5)40(62)24(4)52-39(61)35-20-29(47)22-57(35)42(64)43(44(48,49)50)21-25-11-12-27(43)17-25/h13-14,18,23-25,27,29,31-35H,7-12,15-17,19-22H2,1-6H3,(H,51,58)(H,52,61)(H,53,60)(H,54,59)/t24-,25?,27?,29+,31+,32-,33-,34-,35-,43?/m0/s1. The lowest BCUT2D eigenvalue weighted by Crippen LogP contribution is -2.61. The van der Waals surface area contributed by atoms with Crippen molar-refractivity contribution in [2.24, 2.45) is 23.2 Å². The maximum absolute atomic E-state index is 15.0. The Hall–Kier alpha value is -4.19. The first-order valence-electron chi connectivity index (χ1n) is 22.2. The molecule has 356 valence electrons. The van der Waals surface area contributed by atoms with E-state index in [-0.39, 0.29) is 61.9 Å². The van der Waals surface area contributed by atoms with Gasteiger partial charge in [0.15, 0.2) is 0 Å². The van der Waals surface area contributed by atoms with Crippen LogP contribution in [0.5, 0.6) is 0 Å². The van der Waals surface area contributed by atoms with E-state index in [4.69, 9.17) is 23.2 Å². The van der Waals surface area contributed by atoms with Gasteiger partial charge in [-0.05, 0) is 99.8 Å². The largest absolute Gasteiger partial charge is 0.403 e. The molecule has 14 nitrogen and oxygen atoms in total. The molecule has 2 saturated heterocycles. The van der Waals surface area contributed by atoms with Crippen LogP contribution < -0.4 is 21.3 Å². The maximum Gasteiger partial charge on any atom is 0.403 e. The number of fused-ring (bicyclic) bond motifs is 2. The van der Waals surface area contributed by atoms with Crippen molar-refractivity contribution in [3.05, 3.63) is 33.8 Å². The molecule has 3 unspecified atom stereocenters. The molecule has 7 amide bonds. The Morgan fingerprint density at radius 3 is 2.27 bits per heavy atom. The molecule has 20 heteroatoms. The number of likely N-dealkylation sites (tertiary alicyclic amines) is 1. The minimum atomic E-state index is -4.91. The topological polar surface area (TPSA) is 177 Å². The van der Waals surface area contributed by atoms with E-state index in [9.17, 15) is 51.1 Å². The highest BCUT2D eigenvalue weighted by atomic mass is 35.5.